The van der Waals surface area contributed by atoms with Crippen LogP contribution in [0.4, 0.5) is 4.79 Å². The molecular formula is C11H16N2O3S. The molecule has 2 rings (SSSR count). The van der Waals surface area contributed by atoms with Crippen LogP contribution in [-0.4, -0.2) is 41.1 Å². The van der Waals surface area contributed by atoms with Crippen molar-refractivity contribution in [3.05, 3.63) is 0 Å². The third kappa shape index (κ3) is 2.41. The summed E-state index contributed by atoms with van der Waals surface area (Å²) < 4.78 is 4.87. The highest BCUT2D eigenvalue weighted by atomic mass is 32.1. The van der Waals surface area contributed by atoms with E-state index in [0.717, 1.165) is 19.3 Å². The Balaban J connectivity index is 2.07. The number of rotatable bonds is 3. The molecule has 6 heteroatoms. The third-order valence-electron chi connectivity index (χ3n) is 3.31. The van der Waals surface area contributed by atoms with Crippen LogP contribution in [0.25, 0.3) is 0 Å². The molecule has 94 valence electrons. The molecule has 1 aliphatic heterocycles. The van der Waals surface area contributed by atoms with Crippen molar-refractivity contribution < 1.29 is 14.3 Å². The van der Waals surface area contributed by atoms with E-state index in [4.69, 9.17) is 17.0 Å². The largest absolute Gasteiger partial charge is 0.465 e. The van der Waals surface area contributed by atoms with Gasteiger partial charge in [0.25, 0.3) is 0 Å². The molecule has 0 aromatic carbocycles. The number of nitrogens with one attached hydrogen (secondary N) is 1. The van der Waals surface area contributed by atoms with Gasteiger partial charge in [-0.3, -0.25) is 4.79 Å². The molecule has 2 unspecified atom stereocenters. The normalized spacial score (nSPS) is 27.7. The maximum atomic E-state index is 11.8. The van der Waals surface area contributed by atoms with Crippen LogP contribution in [0.5, 0.6) is 0 Å². The molecule has 2 amide bonds. The van der Waals surface area contributed by atoms with Crippen LogP contribution in [-0.2, 0) is 9.53 Å². The Labute approximate surface area is 105 Å². The minimum atomic E-state index is -0.360. The average Bonchev–Trinajstić information content (AvgIpc) is 2.73. The van der Waals surface area contributed by atoms with Crippen molar-refractivity contribution in [1.82, 2.24) is 10.2 Å². The van der Waals surface area contributed by atoms with E-state index in [-0.39, 0.29) is 30.5 Å². The van der Waals surface area contributed by atoms with Crippen molar-refractivity contribution in [1.29, 1.82) is 0 Å². The number of fused-ring (bicyclic) bond motifs is 1. The van der Waals surface area contributed by atoms with Crippen LogP contribution in [0.15, 0.2) is 0 Å². The van der Waals surface area contributed by atoms with Gasteiger partial charge in [0.15, 0.2) is 0 Å². The number of thiocarbonyl (C=S) groups is 1. The highest BCUT2D eigenvalue weighted by Crippen LogP contribution is 2.33. The SMILES string of the molecule is CCOC(=O)CN1C(=O)NC(=S)C2CCCC21. The molecule has 0 radical (unpaired) electrons. The number of carbonyl (C=O) groups excluding carboxylic acids is 2. The number of nitrogens with zero attached hydrogens (tertiary/aromatic N) is 1. The van der Waals surface area contributed by atoms with Gasteiger partial charge in [-0.05, 0) is 19.8 Å². The molecule has 1 heterocycles. The van der Waals surface area contributed by atoms with Crippen LogP contribution in [0.1, 0.15) is 26.2 Å². The summed E-state index contributed by atoms with van der Waals surface area (Å²) in [5.41, 5.74) is 0. The number of hydrogen-bond donors (Lipinski definition) is 1. The summed E-state index contributed by atoms with van der Waals surface area (Å²) in [6.07, 6.45) is 2.95. The van der Waals surface area contributed by atoms with Gasteiger partial charge in [0.1, 0.15) is 6.54 Å². The van der Waals surface area contributed by atoms with Crippen LogP contribution >= 0.6 is 12.2 Å². The summed E-state index contributed by atoms with van der Waals surface area (Å²) in [4.78, 5) is 25.4. The number of esters is 1. The number of amides is 2. The van der Waals surface area contributed by atoms with Crippen molar-refractivity contribution in [2.45, 2.75) is 32.2 Å². The summed E-state index contributed by atoms with van der Waals surface area (Å²) in [6, 6.07) is -0.202. The lowest BCUT2D eigenvalue weighted by molar-refractivity contribution is -0.144. The fourth-order valence-corrected chi connectivity index (χ4v) is 2.94. The van der Waals surface area contributed by atoms with Gasteiger partial charge in [-0.1, -0.05) is 18.6 Å². The maximum absolute atomic E-state index is 11.8. The Morgan fingerprint density at radius 1 is 1.59 bits per heavy atom. The summed E-state index contributed by atoms with van der Waals surface area (Å²) in [7, 11) is 0. The fraction of sp³-hybridized carbons (Fsp3) is 0.727. The Kier molecular flexibility index (Phi) is 3.61. The van der Waals surface area contributed by atoms with Gasteiger partial charge in [0.2, 0.25) is 0 Å². The van der Waals surface area contributed by atoms with Gasteiger partial charge < -0.3 is 15.0 Å². The summed E-state index contributed by atoms with van der Waals surface area (Å²) >= 11 is 5.16. The molecule has 5 nitrogen and oxygen atoms in total. The summed E-state index contributed by atoms with van der Waals surface area (Å²) in [5.74, 6) is -0.154. The van der Waals surface area contributed by atoms with Crippen LogP contribution < -0.4 is 5.32 Å². The van der Waals surface area contributed by atoms with Gasteiger partial charge in [0, 0.05) is 12.0 Å². The molecule has 2 aliphatic rings. The topological polar surface area (TPSA) is 58.6 Å². The monoisotopic (exact) mass is 256 g/mol. The van der Waals surface area contributed by atoms with Gasteiger partial charge in [-0.25, -0.2) is 4.79 Å². The highest BCUT2D eigenvalue weighted by molar-refractivity contribution is 7.80. The third-order valence-corrected chi connectivity index (χ3v) is 3.72. The van der Waals surface area contributed by atoms with E-state index in [9.17, 15) is 9.59 Å². The van der Waals surface area contributed by atoms with E-state index in [0.29, 0.717) is 11.6 Å². The molecule has 0 aromatic heterocycles. The molecule has 1 saturated carbocycles. The first-order valence-corrected chi connectivity index (χ1v) is 6.31. The van der Waals surface area contributed by atoms with Crippen molar-refractivity contribution in [2.24, 2.45) is 5.92 Å². The minimum absolute atomic E-state index is 0.0173. The molecule has 17 heavy (non-hydrogen) atoms. The second-order valence-electron chi connectivity index (χ2n) is 4.33. The Morgan fingerprint density at radius 2 is 2.35 bits per heavy atom. The second kappa shape index (κ2) is 5.00. The van der Waals surface area contributed by atoms with E-state index in [1.165, 1.54) is 0 Å². The lowest BCUT2D eigenvalue weighted by Crippen LogP contribution is -2.59. The molecule has 1 saturated heterocycles. The number of ether oxygens (including phenoxy) is 1. The minimum Gasteiger partial charge on any atom is -0.465 e. The van der Waals surface area contributed by atoms with Gasteiger partial charge in [-0.2, -0.15) is 0 Å². The average molecular weight is 256 g/mol. The van der Waals surface area contributed by atoms with E-state index >= 15 is 0 Å². The molecule has 2 fully saturated rings. The molecule has 2 atom stereocenters. The molecule has 1 aliphatic carbocycles. The quantitative estimate of drug-likeness (QED) is 0.606. The van der Waals surface area contributed by atoms with Crippen molar-refractivity contribution in [3.8, 4) is 0 Å². The molecule has 0 aromatic rings. The molecular weight excluding hydrogens is 240 g/mol. The van der Waals surface area contributed by atoms with Crippen LogP contribution in [0.3, 0.4) is 0 Å². The zero-order valence-electron chi connectivity index (χ0n) is 9.77. The van der Waals surface area contributed by atoms with E-state index in [1.807, 2.05) is 0 Å². The number of carbonyl (C=O) groups is 2. The molecule has 1 N–H and O–H groups in total. The summed E-state index contributed by atoms with van der Waals surface area (Å²) in [6.45, 7) is 2.10. The van der Waals surface area contributed by atoms with E-state index < -0.39 is 0 Å². The zero-order valence-corrected chi connectivity index (χ0v) is 10.6. The van der Waals surface area contributed by atoms with Crippen LogP contribution in [0, 0.1) is 5.92 Å². The predicted octanol–water partition coefficient (Wildman–Crippen LogP) is 1.07. The van der Waals surface area contributed by atoms with Gasteiger partial charge in [-0.15, -0.1) is 0 Å². The predicted molar refractivity (Wildman–Crippen MR) is 65.6 cm³/mol. The summed E-state index contributed by atoms with van der Waals surface area (Å²) in [5, 5.41) is 2.66. The molecule has 0 bridgehead atoms. The zero-order chi connectivity index (χ0) is 12.4. The van der Waals surface area contributed by atoms with E-state index in [2.05, 4.69) is 5.32 Å². The van der Waals surface area contributed by atoms with Crippen molar-refractivity contribution in [3.63, 3.8) is 0 Å². The first kappa shape index (κ1) is 12.3. The van der Waals surface area contributed by atoms with Crippen molar-refractivity contribution in [2.75, 3.05) is 13.2 Å². The van der Waals surface area contributed by atoms with Gasteiger partial charge >= 0.3 is 12.0 Å². The Bertz CT molecular complexity index is 359. The smallest absolute Gasteiger partial charge is 0.325 e. The first-order valence-electron chi connectivity index (χ1n) is 5.90. The standard InChI is InChI=1S/C11H16N2O3S/c1-2-16-9(14)6-13-8-5-3-4-7(8)10(17)12-11(13)15/h7-8H,2-6H2,1H3,(H,12,15,17). The lowest BCUT2D eigenvalue weighted by atomic mass is 10.00. The first-order chi connectivity index (χ1) is 8.13. The number of hydrogen-bond acceptors (Lipinski definition) is 4. The fourth-order valence-electron chi connectivity index (χ4n) is 2.57. The van der Waals surface area contributed by atoms with Gasteiger partial charge in [0.05, 0.1) is 11.6 Å². The van der Waals surface area contributed by atoms with E-state index in [1.54, 1.807) is 11.8 Å². The Hall–Kier alpha value is -1.17. The second-order valence-corrected chi connectivity index (χ2v) is 4.77. The molecule has 0 spiro atoms. The van der Waals surface area contributed by atoms with Crippen molar-refractivity contribution >= 4 is 29.2 Å². The Morgan fingerprint density at radius 3 is 3.06 bits per heavy atom. The highest BCUT2D eigenvalue weighted by Gasteiger charge is 2.42. The van der Waals surface area contributed by atoms with Crippen LogP contribution in [0.2, 0.25) is 0 Å². The number of urea groups is 1. The maximum Gasteiger partial charge on any atom is 0.325 e. The lowest BCUT2D eigenvalue weighted by Gasteiger charge is -2.37.